The predicted octanol–water partition coefficient (Wildman–Crippen LogP) is 2.19. The number of aryl methyl sites for hydroxylation is 1. The SMILES string of the molecule is CN(C(=O)CN(CC1CCCO1)C1CCS(=O)(=O)C1)C1CCCc2ccccc21. The third-order valence-electron chi connectivity index (χ3n) is 6.72. The van der Waals surface area contributed by atoms with Crippen molar-refractivity contribution in [2.24, 2.45) is 0 Å². The van der Waals surface area contributed by atoms with Gasteiger partial charge in [-0.05, 0) is 49.7 Å². The molecular weight excluding hydrogens is 388 g/mol. The molecule has 0 bridgehead atoms. The first-order valence-electron chi connectivity index (χ1n) is 10.8. The first-order valence-corrected chi connectivity index (χ1v) is 12.6. The highest BCUT2D eigenvalue weighted by molar-refractivity contribution is 7.91. The van der Waals surface area contributed by atoms with Crippen molar-refractivity contribution in [1.29, 1.82) is 0 Å². The van der Waals surface area contributed by atoms with E-state index < -0.39 is 9.84 Å². The Labute approximate surface area is 174 Å². The quantitative estimate of drug-likeness (QED) is 0.706. The summed E-state index contributed by atoms with van der Waals surface area (Å²) in [4.78, 5) is 17.2. The molecule has 1 aromatic rings. The van der Waals surface area contributed by atoms with Gasteiger partial charge in [-0.25, -0.2) is 8.42 Å². The molecule has 0 N–H and O–H groups in total. The number of nitrogens with zero attached hydrogens (tertiary/aromatic N) is 2. The van der Waals surface area contributed by atoms with E-state index in [1.54, 1.807) is 0 Å². The molecule has 0 radical (unpaired) electrons. The smallest absolute Gasteiger partial charge is 0.237 e. The number of ether oxygens (including phenoxy) is 1. The zero-order chi connectivity index (χ0) is 20.4. The number of hydrogen-bond acceptors (Lipinski definition) is 5. The average Bonchev–Trinajstić information content (AvgIpc) is 3.35. The Balaban J connectivity index is 1.47. The molecule has 3 aliphatic rings. The lowest BCUT2D eigenvalue weighted by Gasteiger charge is -2.36. The van der Waals surface area contributed by atoms with Crippen LogP contribution in [0.5, 0.6) is 0 Å². The van der Waals surface area contributed by atoms with Crippen LogP contribution in [0.3, 0.4) is 0 Å². The van der Waals surface area contributed by atoms with Crippen molar-refractivity contribution in [2.45, 2.75) is 56.7 Å². The van der Waals surface area contributed by atoms with E-state index in [4.69, 9.17) is 4.74 Å². The minimum absolute atomic E-state index is 0.0639. The minimum Gasteiger partial charge on any atom is -0.377 e. The maximum Gasteiger partial charge on any atom is 0.237 e. The number of rotatable bonds is 6. The highest BCUT2D eigenvalue weighted by Gasteiger charge is 2.36. The van der Waals surface area contributed by atoms with Gasteiger partial charge in [-0.15, -0.1) is 0 Å². The van der Waals surface area contributed by atoms with Gasteiger partial charge < -0.3 is 9.64 Å². The van der Waals surface area contributed by atoms with Gasteiger partial charge in [0.2, 0.25) is 5.91 Å². The Morgan fingerprint density at radius 1 is 1.17 bits per heavy atom. The van der Waals surface area contributed by atoms with E-state index in [2.05, 4.69) is 23.1 Å². The molecule has 29 heavy (non-hydrogen) atoms. The summed E-state index contributed by atoms with van der Waals surface area (Å²) in [6.45, 7) is 1.66. The van der Waals surface area contributed by atoms with Crippen molar-refractivity contribution in [3.8, 4) is 0 Å². The highest BCUT2D eigenvalue weighted by Crippen LogP contribution is 2.33. The molecule has 160 valence electrons. The molecule has 2 heterocycles. The molecule has 4 rings (SSSR count). The van der Waals surface area contributed by atoms with E-state index in [1.807, 2.05) is 18.0 Å². The first-order chi connectivity index (χ1) is 13.9. The Morgan fingerprint density at radius 2 is 2.00 bits per heavy atom. The lowest BCUT2D eigenvalue weighted by atomic mass is 9.87. The van der Waals surface area contributed by atoms with Crippen LogP contribution in [0.2, 0.25) is 0 Å². The molecule has 1 amide bonds. The van der Waals surface area contributed by atoms with Crippen LogP contribution in [-0.4, -0.2) is 74.5 Å². The van der Waals surface area contributed by atoms with Gasteiger partial charge in [0.15, 0.2) is 9.84 Å². The van der Waals surface area contributed by atoms with Crippen LogP contribution < -0.4 is 0 Å². The summed E-state index contributed by atoms with van der Waals surface area (Å²) in [6, 6.07) is 8.42. The summed E-state index contributed by atoms with van der Waals surface area (Å²) in [5.41, 5.74) is 2.59. The molecule has 2 saturated heterocycles. The van der Waals surface area contributed by atoms with Gasteiger partial charge in [-0.1, -0.05) is 24.3 Å². The topological polar surface area (TPSA) is 66.9 Å². The van der Waals surface area contributed by atoms with Crippen molar-refractivity contribution in [2.75, 3.05) is 38.2 Å². The summed E-state index contributed by atoms with van der Waals surface area (Å²) < 4.78 is 29.9. The summed E-state index contributed by atoms with van der Waals surface area (Å²) >= 11 is 0. The van der Waals surface area contributed by atoms with Gasteiger partial charge in [0.1, 0.15) is 0 Å². The normalized spacial score (nSPS) is 28.4. The fourth-order valence-corrected chi connectivity index (χ4v) is 6.81. The van der Waals surface area contributed by atoms with Gasteiger partial charge in [0.05, 0.1) is 30.2 Å². The molecule has 3 atom stereocenters. The number of sulfone groups is 1. The van der Waals surface area contributed by atoms with Crippen molar-refractivity contribution in [3.05, 3.63) is 35.4 Å². The van der Waals surface area contributed by atoms with E-state index in [-0.39, 0.29) is 42.1 Å². The maximum absolute atomic E-state index is 13.2. The average molecular weight is 421 g/mol. The van der Waals surface area contributed by atoms with Crippen LogP contribution in [0.4, 0.5) is 0 Å². The molecule has 0 aromatic heterocycles. The molecule has 7 heteroatoms. The second-order valence-electron chi connectivity index (χ2n) is 8.73. The van der Waals surface area contributed by atoms with Crippen LogP contribution >= 0.6 is 0 Å². The van der Waals surface area contributed by atoms with Gasteiger partial charge >= 0.3 is 0 Å². The molecule has 0 spiro atoms. The zero-order valence-electron chi connectivity index (χ0n) is 17.3. The molecule has 2 aliphatic heterocycles. The van der Waals surface area contributed by atoms with Crippen LogP contribution in [-0.2, 0) is 25.8 Å². The van der Waals surface area contributed by atoms with Crippen molar-refractivity contribution in [3.63, 3.8) is 0 Å². The number of benzene rings is 1. The summed E-state index contributed by atoms with van der Waals surface area (Å²) in [6.07, 6.45) is 5.86. The fourth-order valence-electron chi connectivity index (χ4n) is 5.05. The van der Waals surface area contributed by atoms with Crippen LogP contribution in [0, 0.1) is 0 Å². The highest BCUT2D eigenvalue weighted by atomic mass is 32.2. The van der Waals surface area contributed by atoms with E-state index >= 15 is 0 Å². The lowest BCUT2D eigenvalue weighted by molar-refractivity contribution is -0.134. The van der Waals surface area contributed by atoms with Crippen molar-refractivity contribution >= 4 is 15.7 Å². The van der Waals surface area contributed by atoms with E-state index in [9.17, 15) is 13.2 Å². The van der Waals surface area contributed by atoms with Crippen LogP contribution in [0.15, 0.2) is 24.3 Å². The lowest BCUT2D eigenvalue weighted by Crippen LogP contribution is -2.48. The van der Waals surface area contributed by atoms with Crippen molar-refractivity contribution in [1.82, 2.24) is 9.80 Å². The largest absolute Gasteiger partial charge is 0.377 e. The van der Waals surface area contributed by atoms with E-state index in [1.165, 1.54) is 11.1 Å². The summed E-state index contributed by atoms with van der Waals surface area (Å²) in [5, 5.41) is 0. The van der Waals surface area contributed by atoms with Crippen LogP contribution in [0.1, 0.15) is 49.3 Å². The molecule has 2 fully saturated rings. The zero-order valence-corrected chi connectivity index (χ0v) is 18.1. The molecule has 0 saturated carbocycles. The number of fused-ring (bicyclic) bond motifs is 1. The summed E-state index contributed by atoms with van der Waals surface area (Å²) in [5.74, 6) is 0.442. The Morgan fingerprint density at radius 3 is 2.72 bits per heavy atom. The van der Waals surface area contributed by atoms with E-state index in [0.29, 0.717) is 13.0 Å². The number of amides is 1. The maximum atomic E-state index is 13.2. The number of carbonyl (C=O) groups excluding carboxylic acids is 1. The third-order valence-corrected chi connectivity index (χ3v) is 8.47. The van der Waals surface area contributed by atoms with Crippen LogP contribution in [0.25, 0.3) is 0 Å². The minimum atomic E-state index is -3.00. The second-order valence-corrected chi connectivity index (χ2v) is 11.0. The van der Waals surface area contributed by atoms with E-state index in [0.717, 1.165) is 38.7 Å². The first kappa shape index (κ1) is 20.8. The standard InChI is InChI=1S/C22H32N2O4S/c1-23(21-10-4-7-17-6-2-3-9-20(17)21)22(25)15-24(14-19-8-5-12-28-19)18-11-13-29(26,27)16-18/h2-3,6,9,18-19,21H,4-5,7-8,10-16H2,1H3. The Bertz CT molecular complexity index is 835. The Kier molecular flexibility index (Phi) is 6.27. The van der Waals surface area contributed by atoms with Gasteiger partial charge in [0.25, 0.3) is 0 Å². The molecule has 3 unspecified atom stereocenters. The number of hydrogen-bond donors (Lipinski definition) is 0. The third kappa shape index (κ3) is 4.84. The monoisotopic (exact) mass is 420 g/mol. The molecule has 1 aromatic carbocycles. The predicted molar refractivity (Wildman–Crippen MR) is 112 cm³/mol. The second kappa shape index (κ2) is 8.74. The Hall–Kier alpha value is -1.44. The number of carbonyl (C=O) groups is 1. The molecular formula is C22H32N2O4S. The molecule has 6 nitrogen and oxygen atoms in total. The fraction of sp³-hybridized carbons (Fsp3) is 0.682. The van der Waals surface area contributed by atoms with Gasteiger partial charge in [-0.3, -0.25) is 9.69 Å². The molecule has 1 aliphatic carbocycles. The van der Waals surface area contributed by atoms with Crippen molar-refractivity contribution < 1.29 is 17.9 Å². The van der Waals surface area contributed by atoms with Gasteiger partial charge in [-0.2, -0.15) is 0 Å². The summed E-state index contributed by atoms with van der Waals surface area (Å²) in [7, 11) is -1.10. The van der Waals surface area contributed by atoms with Gasteiger partial charge in [0, 0.05) is 26.2 Å². The number of likely N-dealkylation sites (N-methyl/N-ethyl adjacent to an activating group) is 1.